The number of ketones is 1. The summed E-state index contributed by atoms with van der Waals surface area (Å²) >= 11 is 0. The molecule has 1 aromatic heterocycles. The molecule has 5 unspecified atom stereocenters. The molecular formula is C54H103NO5Si4. The number of hydrogen-bond donors (Lipinski definition) is 0. The van der Waals surface area contributed by atoms with Crippen molar-refractivity contribution >= 4 is 45.1 Å². The lowest BCUT2D eigenvalue weighted by Gasteiger charge is -2.53. The second-order valence-corrected chi connectivity index (χ2v) is 45.2. The van der Waals surface area contributed by atoms with Crippen LogP contribution >= 0.6 is 0 Å². The van der Waals surface area contributed by atoms with Gasteiger partial charge in [-0.15, -0.1) is 0 Å². The van der Waals surface area contributed by atoms with E-state index in [1.165, 1.54) is 11.1 Å². The SMILES string of the molecule is CCC(C(=O)C1(C(CCO[Si](C)(C)C(C)(C)C)O[Si](C)(C)C(C)(C)C)CCC1)C(O[Si](C)(C)C(C)(C)C)C(C)CCC/C(C)=C\CC(O[Si](C)(C)C(C)(C)C)/C(C)=C/c1ccccn1. The van der Waals surface area contributed by atoms with Crippen LogP contribution in [0, 0.1) is 17.3 Å². The van der Waals surface area contributed by atoms with Crippen molar-refractivity contribution in [1.82, 2.24) is 4.98 Å². The molecule has 6 nitrogen and oxygen atoms in total. The van der Waals surface area contributed by atoms with Crippen LogP contribution in [-0.2, 0) is 22.5 Å². The maximum absolute atomic E-state index is 15.7. The minimum Gasteiger partial charge on any atom is -0.417 e. The Morgan fingerprint density at radius 3 is 1.72 bits per heavy atom. The summed E-state index contributed by atoms with van der Waals surface area (Å²) in [6.45, 7) is 56.3. The summed E-state index contributed by atoms with van der Waals surface area (Å²) in [6.07, 6.45) is 14.5. The molecule has 0 amide bonds. The molecule has 1 saturated carbocycles. The summed E-state index contributed by atoms with van der Waals surface area (Å²) in [5, 5.41) is 0.299. The summed E-state index contributed by atoms with van der Waals surface area (Å²) in [6, 6.07) is 6.07. The minimum atomic E-state index is -2.24. The topological polar surface area (TPSA) is 66.9 Å². The average molecular weight is 959 g/mol. The van der Waals surface area contributed by atoms with Crippen LogP contribution in [0.25, 0.3) is 6.08 Å². The zero-order valence-electron chi connectivity index (χ0n) is 46.4. The molecule has 0 aliphatic heterocycles. The molecule has 2 rings (SSSR count). The zero-order valence-corrected chi connectivity index (χ0v) is 50.4. The number of nitrogens with zero attached hydrogens (tertiary/aromatic N) is 1. The number of Topliss-reactive ketones (excluding diaryl/α,β-unsaturated/α-hetero) is 1. The maximum atomic E-state index is 15.7. The number of aromatic nitrogens is 1. The first kappa shape index (κ1) is 59.1. The van der Waals surface area contributed by atoms with Crippen LogP contribution in [0.1, 0.15) is 174 Å². The van der Waals surface area contributed by atoms with Gasteiger partial charge in [0.2, 0.25) is 0 Å². The van der Waals surface area contributed by atoms with Gasteiger partial charge in [0.05, 0.1) is 29.4 Å². The lowest BCUT2D eigenvalue weighted by molar-refractivity contribution is -0.153. The van der Waals surface area contributed by atoms with Gasteiger partial charge in [-0.2, -0.15) is 0 Å². The Bertz CT molecular complexity index is 1670. The van der Waals surface area contributed by atoms with Gasteiger partial charge < -0.3 is 17.7 Å². The first-order chi connectivity index (χ1) is 28.9. The van der Waals surface area contributed by atoms with Gasteiger partial charge in [-0.1, -0.05) is 121 Å². The highest BCUT2D eigenvalue weighted by atomic mass is 28.4. The van der Waals surface area contributed by atoms with Gasteiger partial charge in [-0.25, -0.2) is 0 Å². The molecule has 10 heteroatoms. The van der Waals surface area contributed by atoms with Gasteiger partial charge in [-0.3, -0.25) is 9.78 Å². The first-order valence-corrected chi connectivity index (χ1v) is 37.0. The number of allylic oxidation sites excluding steroid dienone is 1. The summed E-state index contributed by atoms with van der Waals surface area (Å²) < 4.78 is 28.9. The van der Waals surface area contributed by atoms with Crippen molar-refractivity contribution in [2.75, 3.05) is 6.61 Å². The van der Waals surface area contributed by atoms with E-state index in [4.69, 9.17) is 17.7 Å². The van der Waals surface area contributed by atoms with E-state index in [-0.39, 0.29) is 50.3 Å². The lowest BCUT2D eigenvalue weighted by Crippen LogP contribution is -2.59. The highest BCUT2D eigenvalue weighted by Gasteiger charge is 2.56. The second kappa shape index (κ2) is 22.6. The van der Waals surface area contributed by atoms with Gasteiger partial charge in [-0.05, 0) is 167 Å². The number of carbonyl (C=O) groups is 1. The Hall–Kier alpha value is -0.992. The van der Waals surface area contributed by atoms with Crippen molar-refractivity contribution < 1.29 is 22.5 Å². The fourth-order valence-electron chi connectivity index (χ4n) is 7.88. The van der Waals surface area contributed by atoms with Crippen molar-refractivity contribution in [3.05, 3.63) is 47.3 Å². The van der Waals surface area contributed by atoms with Gasteiger partial charge in [0.25, 0.3) is 0 Å². The number of carbonyl (C=O) groups excluding carboxylic acids is 1. The van der Waals surface area contributed by atoms with Crippen LogP contribution in [0.3, 0.4) is 0 Å². The second-order valence-electron chi connectivity index (χ2n) is 26.2. The van der Waals surface area contributed by atoms with Crippen LogP contribution in [-0.4, -0.2) is 69.0 Å². The van der Waals surface area contributed by atoms with E-state index >= 15 is 4.79 Å². The fourth-order valence-corrected chi connectivity index (χ4v) is 13.1. The Kier molecular flexibility index (Phi) is 20.9. The van der Waals surface area contributed by atoms with Gasteiger partial charge in [0.15, 0.2) is 33.3 Å². The molecule has 64 heavy (non-hydrogen) atoms. The standard InChI is InChI=1S/C54H103NO5Si4/c1-25-45(49(56)54(36-29-37-54)47(59-63(21,22)52(11,12)13)35-39-57-61(17,18)50(5,6)7)48(60-64(23,24)53(14,15)16)42(3)31-28-30-41(2)33-34-46(58-62(19,20)51(8,9)10)43(4)40-44-32-26-27-38-55-44/h26-27,32-33,38,40,42,45-48H,25,28-31,34-37,39H2,1-24H3/b41-33-,43-40+. The smallest absolute Gasteiger partial charge is 0.192 e. The van der Waals surface area contributed by atoms with E-state index in [0.717, 1.165) is 63.5 Å². The van der Waals surface area contributed by atoms with Crippen LogP contribution < -0.4 is 0 Å². The Labute approximate surface area is 401 Å². The Balaban J connectivity index is 2.48. The first-order valence-electron chi connectivity index (χ1n) is 25.3. The maximum Gasteiger partial charge on any atom is 0.192 e. The highest BCUT2D eigenvalue weighted by Crippen LogP contribution is 2.53. The fraction of sp³-hybridized carbons (Fsp3) is 0.815. The average Bonchev–Trinajstić information content (AvgIpc) is 3.10. The molecule has 1 aromatic rings. The molecule has 1 heterocycles. The summed E-state index contributed by atoms with van der Waals surface area (Å²) in [4.78, 5) is 20.3. The molecule has 1 fully saturated rings. The number of hydrogen-bond acceptors (Lipinski definition) is 6. The predicted octanol–water partition coefficient (Wildman–Crippen LogP) is 17.0. The third kappa shape index (κ3) is 15.8. The van der Waals surface area contributed by atoms with Crippen molar-refractivity contribution in [3.63, 3.8) is 0 Å². The van der Waals surface area contributed by atoms with Crippen molar-refractivity contribution in [3.8, 4) is 0 Å². The summed E-state index contributed by atoms with van der Waals surface area (Å²) in [5.41, 5.74) is 3.07. The van der Waals surface area contributed by atoms with Crippen LogP contribution in [0.5, 0.6) is 0 Å². The van der Waals surface area contributed by atoms with Gasteiger partial charge in [0, 0.05) is 18.7 Å². The van der Waals surface area contributed by atoms with E-state index in [1.807, 2.05) is 18.3 Å². The van der Waals surface area contributed by atoms with Crippen LogP contribution in [0.4, 0.5) is 0 Å². The van der Waals surface area contributed by atoms with Crippen molar-refractivity contribution in [2.24, 2.45) is 17.3 Å². The Morgan fingerprint density at radius 2 is 1.27 bits per heavy atom. The molecule has 0 radical (unpaired) electrons. The molecule has 5 atom stereocenters. The molecule has 0 saturated heterocycles. The van der Waals surface area contributed by atoms with E-state index in [2.05, 4.69) is 186 Å². The van der Waals surface area contributed by atoms with Crippen molar-refractivity contribution in [1.29, 1.82) is 0 Å². The Morgan fingerprint density at radius 1 is 0.750 bits per heavy atom. The highest BCUT2D eigenvalue weighted by molar-refractivity contribution is 6.75. The number of pyridine rings is 1. The molecular weight excluding hydrogens is 855 g/mol. The predicted molar refractivity (Wildman–Crippen MR) is 288 cm³/mol. The molecule has 0 N–H and O–H groups in total. The molecule has 1 aliphatic rings. The van der Waals surface area contributed by atoms with E-state index < -0.39 is 38.7 Å². The summed E-state index contributed by atoms with van der Waals surface area (Å²) in [7, 11) is -8.47. The normalized spacial score (nSPS) is 18.9. The third-order valence-electron chi connectivity index (χ3n) is 16.9. The number of rotatable bonds is 24. The minimum absolute atomic E-state index is 0.00245. The monoisotopic (exact) mass is 958 g/mol. The summed E-state index contributed by atoms with van der Waals surface area (Å²) in [5.74, 6) is 0.439. The third-order valence-corrected chi connectivity index (χ3v) is 34.9. The van der Waals surface area contributed by atoms with E-state index in [1.54, 1.807) is 0 Å². The van der Waals surface area contributed by atoms with Crippen LogP contribution in [0.2, 0.25) is 72.5 Å². The molecule has 0 spiro atoms. The zero-order chi connectivity index (χ0) is 49.5. The van der Waals surface area contributed by atoms with Gasteiger partial charge >= 0.3 is 0 Å². The van der Waals surface area contributed by atoms with Crippen molar-refractivity contribution in [2.45, 2.75) is 259 Å². The van der Waals surface area contributed by atoms with Gasteiger partial charge in [0.1, 0.15) is 5.78 Å². The van der Waals surface area contributed by atoms with Crippen LogP contribution in [0.15, 0.2) is 41.6 Å². The molecule has 1 aliphatic carbocycles. The quantitative estimate of drug-likeness (QED) is 0.0760. The largest absolute Gasteiger partial charge is 0.417 e. The lowest BCUT2D eigenvalue weighted by atomic mass is 9.58. The van der Waals surface area contributed by atoms with E-state index in [0.29, 0.717) is 12.4 Å². The molecule has 0 bridgehead atoms. The molecule has 0 aromatic carbocycles. The van der Waals surface area contributed by atoms with E-state index in [9.17, 15) is 0 Å². The molecule has 370 valence electrons.